The summed E-state index contributed by atoms with van der Waals surface area (Å²) in [6.07, 6.45) is 1.72. The minimum atomic E-state index is -0.569. The minimum absolute atomic E-state index is 0.0195. The molecule has 0 atom stereocenters. The quantitative estimate of drug-likeness (QED) is 0.731. The molecule has 2 heterocycles. The van der Waals surface area contributed by atoms with Crippen LogP contribution < -0.4 is 16.0 Å². The molecule has 6 nitrogen and oxygen atoms in total. The molecule has 0 saturated heterocycles. The first-order chi connectivity index (χ1) is 13.0. The van der Waals surface area contributed by atoms with Crippen molar-refractivity contribution in [2.24, 2.45) is 12.8 Å². The lowest BCUT2D eigenvalue weighted by atomic mass is 10.1. The first-order valence-corrected chi connectivity index (χ1v) is 8.67. The molecular formula is C20H20FN5O. The van der Waals surface area contributed by atoms with Gasteiger partial charge in [-0.1, -0.05) is 12.1 Å². The first-order valence-electron chi connectivity index (χ1n) is 8.67. The van der Waals surface area contributed by atoms with Gasteiger partial charge in [-0.15, -0.1) is 0 Å². The van der Waals surface area contributed by atoms with Crippen LogP contribution >= 0.6 is 0 Å². The summed E-state index contributed by atoms with van der Waals surface area (Å²) in [6, 6.07) is 10.3. The molecule has 27 heavy (non-hydrogen) atoms. The Labute approximate surface area is 156 Å². The molecule has 0 saturated carbocycles. The lowest BCUT2D eigenvalue weighted by Gasteiger charge is -2.23. The fourth-order valence-corrected chi connectivity index (χ4v) is 3.31. The fourth-order valence-electron chi connectivity index (χ4n) is 3.31. The Morgan fingerprint density at radius 1 is 1.30 bits per heavy atom. The molecule has 0 radical (unpaired) electrons. The molecule has 0 aliphatic carbocycles. The number of halogens is 1. The van der Waals surface area contributed by atoms with Gasteiger partial charge in [-0.25, -0.2) is 4.39 Å². The summed E-state index contributed by atoms with van der Waals surface area (Å²) < 4.78 is 16.3. The van der Waals surface area contributed by atoms with E-state index in [1.54, 1.807) is 21.8 Å². The van der Waals surface area contributed by atoms with Crippen LogP contribution in [0, 0.1) is 12.7 Å². The summed E-state index contributed by atoms with van der Waals surface area (Å²) >= 11 is 0. The van der Waals surface area contributed by atoms with Gasteiger partial charge in [0, 0.05) is 19.2 Å². The largest absolute Gasteiger partial charge is 0.338 e. The average molecular weight is 365 g/mol. The standard InChI is InChI=1S/C20H20FN5O/c1-12-3-6-18-17(7-12)24-19-14(10-23-25(19)2)11-26(18)20(27)15-5-4-13(9-22)8-16(15)21/h3-8,10,24H,9,11,22H2,1-2H3. The van der Waals surface area contributed by atoms with Crippen LogP contribution in [0.4, 0.5) is 21.6 Å². The Hall–Kier alpha value is -3.19. The number of nitrogens with zero attached hydrogens (tertiary/aromatic N) is 3. The summed E-state index contributed by atoms with van der Waals surface area (Å²) in [5, 5.41) is 7.63. The zero-order valence-corrected chi connectivity index (χ0v) is 15.2. The Kier molecular flexibility index (Phi) is 4.16. The molecule has 2 aromatic carbocycles. The van der Waals surface area contributed by atoms with Gasteiger partial charge in [0.2, 0.25) is 0 Å². The van der Waals surface area contributed by atoms with Crippen LogP contribution in [0.15, 0.2) is 42.6 Å². The van der Waals surface area contributed by atoms with E-state index in [4.69, 9.17) is 5.73 Å². The van der Waals surface area contributed by atoms with Crippen LogP contribution in [-0.2, 0) is 20.1 Å². The van der Waals surface area contributed by atoms with Gasteiger partial charge in [0.25, 0.3) is 5.91 Å². The van der Waals surface area contributed by atoms with Gasteiger partial charge in [-0.05, 0) is 42.3 Å². The molecule has 3 N–H and O–H groups in total. The summed E-state index contributed by atoms with van der Waals surface area (Å²) in [4.78, 5) is 14.8. The molecule has 0 fully saturated rings. The number of aromatic nitrogens is 2. The highest BCUT2D eigenvalue weighted by atomic mass is 19.1. The molecule has 4 rings (SSSR count). The average Bonchev–Trinajstić information content (AvgIpc) is 2.90. The molecule has 1 amide bonds. The second-order valence-corrected chi connectivity index (χ2v) is 6.70. The number of carbonyl (C=O) groups is 1. The fraction of sp³-hybridized carbons (Fsp3) is 0.200. The molecule has 0 spiro atoms. The maximum absolute atomic E-state index is 14.5. The van der Waals surface area contributed by atoms with Crippen molar-refractivity contribution in [3.8, 4) is 0 Å². The maximum Gasteiger partial charge on any atom is 0.261 e. The number of benzene rings is 2. The van der Waals surface area contributed by atoms with Crippen molar-refractivity contribution in [1.82, 2.24) is 9.78 Å². The molecule has 0 unspecified atom stereocenters. The van der Waals surface area contributed by atoms with Crippen molar-refractivity contribution in [2.75, 3.05) is 10.2 Å². The van der Waals surface area contributed by atoms with Gasteiger partial charge in [-0.2, -0.15) is 5.10 Å². The van der Waals surface area contributed by atoms with Crippen LogP contribution in [0.2, 0.25) is 0 Å². The summed E-state index contributed by atoms with van der Waals surface area (Å²) in [6.45, 7) is 2.50. The Bertz CT molecular complexity index is 1040. The number of rotatable bonds is 2. The predicted octanol–water partition coefficient (Wildman–Crippen LogP) is 3.23. The smallest absolute Gasteiger partial charge is 0.261 e. The Balaban J connectivity index is 1.83. The highest BCUT2D eigenvalue weighted by Gasteiger charge is 2.28. The first kappa shape index (κ1) is 17.2. The van der Waals surface area contributed by atoms with E-state index >= 15 is 0 Å². The highest BCUT2D eigenvalue weighted by Crippen LogP contribution is 2.37. The van der Waals surface area contributed by atoms with Crippen LogP contribution in [0.3, 0.4) is 0 Å². The van der Waals surface area contributed by atoms with Crippen molar-refractivity contribution in [3.05, 3.63) is 70.7 Å². The van der Waals surface area contributed by atoms with E-state index in [-0.39, 0.29) is 12.1 Å². The van der Waals surface area contributed by atoms with E-state index in [0.29, 0.717) is 17.8 Å². The van der Waals surface area contributed by atoms with E-state index < -0.39 is 11.7 Å². The number of hydrogen-bond donors (Lipinski definition) is 2. The number of fused-ring (bicyclic) bond motifs is 2. The highest BCUT2D eigenvalue weighted by molar-refractivity contribution is 6.08. The van der Waals surface area contributed by atoms with Crippen LogP contribution in [0.5, 0.6) is 0 Å². The van der Waals surface area contributed by atoms with Crippen LogP contribution in [0.25, 0.3) is 0 Å². The van der Waals surface area contributed by atoms with E-state index in [0.717, 1.165) is 22.6 Å². The summed E-state index contributed by atoms with van der Waals surface area (Å²) in [5.41, 5.74) is 9.62. The van der Waals surface area contributed by atoms with E-state index in [9.17, 15) is 9.18 Å². The monoisotopic (exact) mass is 365 g/mol. The zero-order valence-electron chi connectivity index (χ0n) is 15.2. The van der Waals surface area contributed by atoms with Crippen molar-refractivity contribution < 1.29 is 9.18 Å². The number of aryl methyl sites for hydroxylation is 2. The second kappa shape index (κ2) is 6.51. The normalized spacial score (nSPS) is 12.8. The van der Waals surface area contributed by atoms with E-state index in [2.05, 4.69) is 10.4 Å². The third-order valence-corrected chi connectivity index (χ3v) is 4.78. The molecule has 138 valence electrons. The second-order valence-electron chi connectivity index (χ2n) is 6.70. The van der Waals surface area contributed by atoms with Gasteiger partial charge in [0.15, 0.2) is 0 Å². The molecule has 3 aromatic rings. The van der Waals surface area contributed by atoms with Crippen molar-refractivity contribution in [1.29, 1.82) is 0 Å². The van der Waals surface area contributed by atoms with Crippen LogP contribution in [-0.4, -0.2) is 15.7 Å². The molecular weight excluding hydrogens is 345 g/mol. The van der Waals surface area contributed by atoms with Gasteiger partial charge in [0.1, 0.15) is 11.6 Å². The number of nitrogens with one attached hydrogen (secondary N) is 1. The van der Waals surface area contributed by atoms with Crippen molar-refractivity contribution in [3.63, 3.8) is 0 Å². The van der Waals surface area contributed by atoms with Crippen molar-refractivity contribution >= 4 is 23.1 Å². The van der Waals surface area contributed by atoms with Crippen molar-refractivity contribution in [2.45, 2.75) is 20.0 Å². The maximum atomic E-state index is 14.5. The van der Waals surface area contributed by atoms with Gasteiger partial charge < -0.3 is 16.0 Å². The lowest BCUT2D eigenvalue weighted by molar-refractivity contribution is 0.0981. The minimum Gasteiger partial charge on any atom is -0.338 e. The molecule has 1 aliphatic rings. The third-order valence-electron chi connectivity index (χ3n) is 4.78. The predicted molar refractivity (Wildman–Crippen MR) is 102 cm³/mol. The zero-order chi connectivity index (χ0) is 19.1. The number of carbonyl (C=O) groups excluding carboxylic acids is 1. The summed E-state index contributed by atoms with van der Waals surface area (Å²) in [7, 11) is 1.84. The topological polar surface area (TPSA) is 76.2 Å². The molecule has 0 bridgehead atoms. The molecule has 1 aromatic heterocycles. The van der Waals surface area contributed by atoms with Gasteiger partial charge in [0.05, 0.1) is 29.7 Å². The molecule has 7 heteroatoms. The van der Waals surface area contributed by atoms with Gasteiger partial charge in [-0.3, -0.25) is 9.48 Å². The Morgan fingerprint density at radius 3 is 2.85 bits per heavy atom. The van der Waals surface area contributed by atoms with E-state index in [1.165, 1.54) is 12.1 Å². The van der Waals surface area contributed by atoms with Gasteiger partial charge >= 0.3 is 0 Å². The number of anilines is 3. The number of amides is 1. The Morgan fingerprint density at radius 2 is 2.11 bits per heavy atom. The van der Waals surface area contributed by atoms with Crippen LogP contribution in [0.1, 0.15) is 27.0 Å². The summed E-state index contributed by atoms with van der Waals surface area (Å²) in [5.74, 6) is -0.156. The number of nitrogens with two attached hydrogens (primary N) is 1. The third kappa shape index (κ3) is 2.96. The van der Waals surface area contributed by atoms with E-state index in [1.807, 2.05) is 32.2 Å². The molecule has 1 aliphatic heterocycles. The number of hydrogen-bond acceptors (Lipinski definition) is 4. The SMILES string of the molecule is Cc1ccc2c(c1)Nc1c(cnn1C)CN2C(=O)c1ccc(CN)cc1F. The lowest BCUT2D eigenvalue weighted by Crippen LogP contribution is -2.30.